The van der Waals surface area contributed by atoms with Crippen LogP contribution in [0.3, 0.4) is 0 Å². The molecule has 1 N–H and O–H groups in total. The summed E-state index contributed by atoms with van der Waals surface area (Å²) < 4.78 is 1.72. The topological polar surface area (TPSA) is 104 Å². The quantitative estimate of drug-likeness (QED) is 0.614. The van der Waals surface area contributed by atoms with E-state index in [0.29, 0.717) is 22.7 Å². The maximum Gasteiger partial charge on any atom is 0.337 e. The third-order valence-electron chi connectivity index (χ3n) is 3.99. The zero-order chi connectivity index (χ0) is 18.1. The molecule has 0 saturated heterocycles. The minimum atomic E-state index is -1.03. The van der Waals surface area contributed by atoms with Crippen molar-refractivity contribution in [1.29, 1.82) is 5.26 Å². The Bertz CT molecular complexity index is 1170. The zero-order valence-corrected chi connectivity index (χ0v) is 13.4. The zero-order valence-electron chi connectivity index (χ0n) is 13.4. The molecule has 0 unspecified atom stereocenters. The van der Waals surface area contributed by atoms with E-state index >= 15 is 0 Å². The molecule has 0 aliphatic carbocycles. The number of imidazole rings is 1. The number of aromatic nitrogens is 4. The Kier molecular flexibility index (Phi) is 3.64. The van der Waals surface area contributed by atoms with Gasteiger partial charge in [0.15, 0.2) is 0 Å². The van der Waals surface area contributed by atoms with Gasteiger partial charge in [-0.25, -0.2) is 9.78 Å². The molecule has 0 fully saturated rings. The first-order valence-corrected chi connectivity index (χ1v) is 7.69. The molecule has 0 radical (unpaired) electrons. The van der Waals surface area contributed by atoms with E-state index < -0.39 is 5.97 Å². The van der Waals surface area contributed by atoms with Crippen molar-refractivity contribution in [2.24, 2.45) is 0 Å². The normalized spacial score (nSPS) is 10.6. The molecule has 0 bridgehead atoms. The Morgan fingerprint density at radius 1 is 1.08 bits per heavy atom. The predicted octanol–water partition coefficient (Wildman–Crippen LogP) is 3.03. The lowest BCUT2D eigenvalue weighted by Crippen LogP contribution is -1.98. The molecule has 0 aliphatic rings. The lowest BCUT2D eigenvalue weighted by Gasteiger charge is -2.09. The summed E-state index contributed by atoms with van der Waals surface area (Å²) in [7, 11) is 0. The van der Waals surface area contributed by atoms with Gasteiger partial charge in [-0.15, -0.1) is 0 Å². The number of rotatable bonds is 3. The molecule has 4 rings (SSSR count). The van der Waals surface area contributed by atoms with Gasteiger partial charge >= 0.3 is 5.97 Å². The Hall–Kier alpha value is -4.05. The molecule has 7 heteroatoms. The monoisotopic (exact) mass is 341 g/mol. The second-order valence-electron chi connectivity index (χ2n) is 5.54. The third-order valence-corrected chi connectivity index (χ3v) is 3.99. The summed E-state index contributed by atoms with van der Waals surface area (Å²) in [6, 6.07) is 12.7. The summed E-state index contributed by atoms with van der Waals surface area (Å²) in [5.74, 6) is -1.03. The Labute approximate surface area is 147 Å². The number of fused-ring (bicyclic) bond motifs is 1. The van der Waals surface area contributed by atoms with Crippen LogP contribution in [0.15, 0.2) is 61.2 Å². The highest BCUT2D eigenvalue weighted by molar-refractivity contribution is 5.88. The summed E-state index contributed by atoms with van der Waals surface area (Å²) in [5, 5.41) is 18.2. The highest BCUT2D eigenvalue weighted by Crippen LogP contribution is 2.29. The molecule has 26 heavy (non-hydrogen) atoms. The number of pyridine rings is 3. The number of carbonyl (C=O) groups is 1. The van der Waals surface area contributed by atoms with Crippen LogP contribution < -0.4 is 0 Å². The van der Waals surface area contributed by atoms with Crippen LogP contribution in [-0.4, -0.2) is 30.4 Å². The van der Waals surface area contributed by atoms with Crippen LogP contribution in [0.2, 0.25) is 0 Å². The molecule has 0 spiro atoms. The van der Waals surface area contributed by atoms with E-state index in [2.05, 4.69) is 21.0 Å². The van der Waals surface area contributed by atoms with Crippen molar-refractivity contribution in [2.45, 2.75) is 0 Å². The number of carboxylic acids is 1. The van der Waals surface area contributed by atoms with Crippen molar-refractivity contribution in [3.05, 3.63) is 72.4 Å². The number of carboxylic acid groups (broad SMARTS) is 1. The van der Waals surface area contributed by atoms with E-state index in [1.165, 1.54) is 18.5 Å². The summed E-state index contributed by atoms with van der Waals surface area (Å²) in [4.78, 5) is 23.8. The van der Waals surface area contributed by atoms with Crippen LogP contribution in [0.1, 0.15) is 16.1 Å². The number of hydrogen-bond acceptors (Lipinski definition) is 5. The second-order valence-corrected chi connectivity index (χ2v) is 5.54. The molecule has 0 amide bonds. The third kappa shape index (κ3) is 2.56. The summed E-state index contributed by atoms with van der Waals surface area (Å²) >= 11 is 0. The van der Waals surface area contributed by atoms with Gasteiger partial charge in [-0.1, -0.05) is 6.07 Å². The van der Waals surface area contributed by atoms with Gasteiger partial charge in [0.1, 0.15) is 17.4 Å². The maximum absolute atomic E-state index is 11.0. The minimum Gasteiger partial charge on any atom is -0.478 e. The van der Waals surface area contributed by atoms with E-state index in [0.717, 1.165) is 11.1 Å². The molecule has 4 heterocycles. The highest BCUT2D eigenvalue weighted by atomic mass is 16.4. The van der Waals surface area contributed by atoms with Gasteiger partial charge in [-0.3, -0.25) is 14.4 Å². The van der Waals surface area contributed by atoms with Gasteiger partial charge in [-0.2, -0.15) is 5.26 Å². The first-order valence-electron chi connectivity index (χ1n) is 7.69. The summed E-state index contributed by atoms with van der Waals surface area (Å²) in [5.41, 5.74) is 4.10. The average Bonchev–Trinajstić information content (AvgIpc) is 3.10. The van der Waals surface area contributed by atoms with Crippen molar-refractivity contribution in [2.75, 3.05) is 0 Å². The van der Waals surface area contributed by atoms with E-state index in [1.54, 1.807) is 16.7 Å². The Morgan fingerprint density at radius 2 is 1.96 bits per heavy atom. The molecule has 0 atom stereocenters. The highest BCUT2D eigenvalue weighted by Gasteiger charge is 2.12. The van der Waals surface area contributed by atoms with Crippen LogP contribution in [0.4, 0.5) is 0 Å². The molecule has 0 aromatic carbocycles. The molecule has 0 aliphatic heterocycles. The van der Waals surface area contributed by atoms with Crippen molar-refractivity contribution < 1.29 is 9.90 Å². The first-order chi connectivity index (χ1) is 12.7. The van der Waals surface area contributed by atoms with Crippen LogP contribution >= 0.6 is 0 Å². The minimum absolute atomic E-state index is 0.115. The number of hydrogen-bond donors (Lipinski definition) is 1. The lowest BCUT2D eigenvalue weighted by atomic mass is 10.0. The number of nitrogens with zero attached hydrogens (tertiary/aromatic N) is 5. The average molecular weight is 341 g/mol. The van der Waals surface area contributed by atoms with Crippen LogP contribution in [-0.2, 0) is 0 Å². The van der Waals surface area contributed by atoms with E-state index in [9.17, 15) is 10.1 Å². The largest absolute Gasteiger partial charge is 0.478 e. The van der Waals surface area contributed by atoms with E-state index in [-0.39, 0.29) is 5.56 Å². The van der Waals surface area contributed by atoms with Crippen molar-refractivity contribution >= 4 is 11.6 Å². The summed E-state index contributed by atoms with van der Waals surface area (Å²) in [6.45, 7) is 0. The SMILES string of the molecule is N#Cc1cnc2ccc(-c3cccnc3-c3ccc(C(=O)O)cn3)cn12. The van der Waals surface area contributed by atoms with Crippen molar-refractivity contribution in [1.82, 2.24) is 19.4 Å². The van der Waals surface area contributed by atoms with Gasteiger partial charge in [0.2, 0.25) is 0 Å². The number of nitriles is 1. The van der Waals surface area contributed by atoms with Crippen molar-refractivity contribution in [3.8, 4) is 28.6 Å². The fourth-order valence-corrected chi connectivity index (χ4v) is 2.73. The van der Waals surface area contributed by atoms with Gasteiger partial charge in [0.05, 0.1) is 23.1 Å². The van der Waals surface area contributed by atoms with Gasteiger partial charge in [0, 0.05) is 29.7 Å². The molecular formula is C19H11N5O2. The Balaban J connectivity index is 1.86. The molecular weight excluding hydrogens is 330 g/mol. The van der Waals surface area contributed by atoms with Crippen molar-refractivity contribution in [3.63, 3.8) is 0 Å². The molecule has 124 valence electrons. The lowest BCUT2D eigenvalue weighted by molar-refractivity contribution is 0.0696. The first kappa shape index (κ1) is 15.5. The van der Waals surface area contributed by atoms with E-state index in [4.69, 9.17) is 5.11 Å². The molecule has 7 nitrogen and oxygen atoms in total. The fourth-order valence-electron chi connectivity index (χ4n) is 2.73. The number of aromatic carboxylic acids is 1. The molecule has 0 saturated carbocycles. The Morgan fingerprint density at radius 3 is 2.69 bits per heavy atom. The maximum atomic E-state index is 11.0. The van der Waals surface area contributed by atoms with Gasteiger partial charge < -0.3 is 5.11 Å². The van der Waals surface area contributed by atoms with Crippen LogP contribution in [0, 0.1) is 11.3 Å². The van der Waals surface area contributed by atoms with Gasteiger partial charge in [0.25, 0.3) is 0 Å². The molecule has 4 aromatic heterocycles. The van der Waals surface area contributed by atoms with Gasteiger partial charge in [-0.05, 0) is 30.3 Å². The molecule has 4 aromatic rings. The standard InChI is InChI=1S/C19H11N5O2/c20-8-14-10-23-17-6-4-13(11-24(14)17)15-2-1-7-21-18(15)16-5-3-12(9-22-16)19(25)26/h1-7,9-11H,(H,25,26). The fraction of sp³-hybridized carbons (Fsp3) is 0. The smallest absolute Gasteiger partial charge is 0.337 e. The predicted molar refractivity (Wildman–Crippen MR) is 93.3 cm³/mol. The van der Waals surface area contributed by atoms with E-state index in [1.807, 2.05) is 30.5 Å². The summed E-state index contributed by atoms with van der Waals surface area (Å²) in [6.07, 6.45) is 6.31. The van der Waals surface area contributed by atoms with Crippen LogP contribution in [0.5, 0.6) is 0 Å². The van der Waals surface area contributed by atoms with Crippen LogP contribution in [0.25, 0.3) is 28.2 Å². The second kappa shape index (κ2) is 6.11.